The van der Waals surface area contributed by atoms with Crippen molar-refractivity contribution in [3.05, 3.63) is 46.1 Å². The third-order valence-corrected chi connectivity index (χ3v) is 6.21. The first-order valence-electron chi connectivity index (χ1n) is 10.7. The number of ether oxygens (including phenoxy) is 2. The summed E-state index contributed by atoms with van der Waals surface area (Å²) in [6.45, 7) is 1.04. The van der Waals surface area contributed by atoms with E-state index in [-0.39, 0.29) is 19.6 Å². The zero-order valence-electron chi connectivity index (χ0n) is 17.9. The molecule has 0 spiro atoms. The van der Waals surface area contributed by atoms with Gasteiger partial charge in [-0.2, -0.15) is 36.3 Å². The molecule has 0 aliphatic carbocycles. The van der Waals surface area contributed by atoms with Crippen molar-refractivity contribution in [3.63, 3.8) is 0 Å². The van der Waals surface area contributed by atoms with E-state index in [9.17, 15) is 26.3 Å². The van der Waals surface area contributed by atoms with Gasteiger partial charge in [-0.15, -0.1) is 0 Å². The van der Waals surface area contributed by atoms with Crippen molar-refractivity contribution < 1.29 is 35.8 Å². The number of halogens is 7. The number of hydrogen-bond donors (Lipinski definition) is 1. The van der Waals surface area contributed by atoms with E-state index < -0.39 is 42.1 Å². The lowest BCUT2D eigenvalue weighted by Gasteiger charge is -2.38. The number of hydrogen-bond acceptors (Lipinski definition) is 6. The molecule has 1 aromatic carbocycles. The summed E-state index contributed by atoms with van der Waals surface area (Å²) in [6.07, 6.45) is -10.3. The van der Waals surface area contributed by atoms with Crippen molar-refractivity contribution in [1.29, 1.82) is 0 Å². The lowest BCUT2D eigenvalue weighted by molar-refractivity contribution is -0.155. The number of nitrogens with zero attached hydrogens (tertiary/aromatic N) is 4. The van der Waals surface area contributed by atoms with Crippen LogP contribution in [0.5, 0.6) is 0 Å². The van der Waals surface area contributed by atoms with E-state index in [4.69, 9.17) is 21.1 Å². The highest BCUT2D eigenvalue weighted by molar-refractivity contribution is 6.31. The van der Waals surface area contributed by atoms with E-state index in [1.54, 1.807) is 18.2 Å². The Bertz CT molecular complexity index is 1210. The van der Waals surface area contributed by atoms with Gasteiger partial charge in [0.1, 0.15) is 0 Å². The molecule has 3 aromatic rings. The molecule has 0 bridgehead atoms. The Morgan fingerprint density at radius 1 is 1.03 bits per heavy atom. The Balaban J connectivity index is 1.63. The van der Waals surface area contributed by atoms with Gasteiger partial charge in [0.05, 0.1) is 32.0 Å². The van der Waals surface area contributed by atoms with Gasteiger partial charge in [0.2, 0.25) is 17.6 Å². The molecule has 7 nitrogen and oxygen atoms in total. The van der Waals surface area contributed by atoms with Crippen molar-refractivity contribution >= 4 is 28.5 Å². The molecule has 188 valence electrons. The number of anilines is 1. The topological polar surface area (TPSA) is 76.2 Å². The van der Waals surface area contributed by atoms with E-state index in [0.717, 1.165) is 16.5 Å². The highest BCUT2D eigenvalue weighted by Gasteiger charge is 2.43. The lowest BCUT2D eigenvalue weighted by Crippen LogP contribution is -2.41. The summed E-state index contributed by atoms with van der Waals surface area (Å²) >= 11 is 6.15. The molecule has 2 atom stereocenters. The molecule has 2 aliphatic rings. The number of alkyl halides is 6. The average Bonchev–Trinajstić information content (AvgIpc) is 3.17. The van der Waals surface area contributed by atoms with Crippen LogP contribution in [0, 0.1) is 0 Å². The summed E-state index contributed by atoms with van der Waals surface area (Å²) in [4.78, 5) is 14.0. The van der Waals surface area contributed by atoms with Crippen LogP contribution >= 0.6 is 11.6 Å². The Kier molecular flexibility index (Phi) is 6.04. The highest BCUT2D eigenvalue weighted by Crippen LogP contribution is 2.41. The summed E-state index contributed by atoms with van der Waals surface area (Å²) in [5.41, 5.74) is 2.25. The quantitative estimate of drug-likeness (QED) is 0.491. The summed E-state index contributed by atoms with van der Waals surface area (Å²) in [7, 11) is 0. The molecule has 1 fully saturated rings. The fourth-order valence-corrected chi connectivity index (χ4v) is 4.66. The van der Waals surface area contributed by atoms with E-state index >= 15 is 0 Å². The van der Waals surface area contributed by atoms with Crippen LogP contribution in [-0.4, -0.2) is 52.4 Å². The minimum absolute atomic E-state index is 0.0727. The lowest BCUT2D eigenvalue weighted by atomic mass is 9.93. The van der Waals surface area contributed by atoms with Gasteiger partial charge in [0.15, 0.2) is 0 Å². The standard InChI is InChI=1S/C21H18ClF6N5O2/c22-10-1-2-14-13(7-10)12-3-4-33(15(16(12)29-14)8-11-9-34-5-6-35-11)19-31-17(20(23,24)25)30-18(32-19)21(26,27)28/h1-2,7,11,15,29H,3-6,8-9H2/t11-,15-/m0/s1. The zero-order chi connectivity index (χ0) is 25.0. The van der Waals surface area contributed by atoms with Crippen molar-refractivity contribution in [2.24, 2.45) is 0 Å². The number of fused-ring (bicyclic) bond motifs is 3. The van der Waals surface area contributed by atoms with Gasteiger partial charge in [-0.25, -0.2) is 4.98 Å². The van der Waals surface area contributed by atoms with Gasteiger partial charge in [-0.1, -0.05) is 11.6 Å². The highest BCUT2D eigenvalue weighted by atomic mass is 35.5. The van der Waals surface area contributed by atoms with Gasteiger partial charge in [0, 0.05) is 34.6 Å². The predicted molar refractivity (Wildman–Crippen MR) is 112 cm³/mol. The fourth-order valence-electron chi connectivity index (χ4n) is 4.49. The Hall–Kier alpha value is -2.64. The maximum Gasteiger partial charge on any atom is 0.451 e. The van der Waals surface area contributed by atoms with Gasteiger partial charge < -0.3 is 19.4 Å². The molecule has 0 radical (unpaired) electrons. The van der Waals surface area contributed by atoms with Crippen LogP contribution in [0.4, 0.5) is 32.3 Å². The Morgan fingerprint density at radius 2 is 1.74 bits per heavy atom. The normalized spacial score (nSPS) is 21.4. The monoisotopic (exact) mass is 521 g/mol. The molecule has 14 heteroatoms. The summed E-state index contributed by atoms with van der Waals surface area (Å²) in [5.74, 6) is -4.51. The minimum Gasteiger partial charge on any atom is -0.376 e. The van der Waals surface area contributed by atoms with Gasteiger partial charge in [0.25, 0.3) is 0 Å². The maximum atomic E-state index is 13.4. The zero-order valence-corrected chi connectivity index (χ0v) is 18.6. The van der Waals surface area contributed by atoms with Crippen LogP contribution in [-0.2, 0) is 28.2 Å². The molecule has 2 aliphatic heterocycles. The summed E-state index contributed by atoms with van der Waals surface area (Å²) in [5, 5.41) is 1.34. The van der Waals surface area contributed by atoms with E-state index in [2.05, 4.69) is 19.9 Å². The average molecular weight is 522 g/mol. The Morgan fingerprint density at radius 3 is 2.37 bits per heavy atom. The molecule has 2 aromatic heterocycles. The largest absolute Gasteiger partial charge is 0.451 e. The molecule has 1 N–H and O–H groups in total. The van der Waals surface area contributed by atoms with Crippen LogP contribution in [0.2, 0.25) is 5.02 Å². The van der Waals surface area contributed by atoms with Crippen molar-refractivity contribution in [2.75, 3.05) is 31.3 Å². The number of rotatable bonds is 3. The van der Waals surface area contributed by atoms with Crippen LogP contribution < -0.4 is 4.90 Å². The van der Waals surface area contributed by atoms with Gasteiger partial charge in [-0.05, 0) is 30.2 Å². The second-order valence-corrected chi connectivity index (χ2v) is 8.68. The molecule has 0 amide bonds. The molecular weight excluding hydrogens is 504 g/mol. The molecule has 5 rings (SSSR count). The number of benzene rings is 1. The Labute approximate surface area is 199 Å². The first kappa shape index (κ1) is 24.1. The van der Waals surface area contributed by atoms with Gasteiger partial charge >= 0.3 is 12.4 Å². The summed E-state index contributed by atoms with van der Waals surface area (Å²) in [6, 6.07) is 4.52. The second-order valence-electron chi connectivity index (χ2n) is 8.25. The second kappa shape index (κ2) is 8.79. The molecule has 35 heavy (non-hydrogen) atoms. The van der Waals surface area contributed by atoms with Crippen LogP contribution in [0.15, 0.2) is 18.2 Å². The van der Waals surface area contributed by atoms with E-state index in [1.807, 2.05) is 0 Å². The minimum atomic E-state index is -5.19. The summed E-state index contributed by atoms with van der Waals surface area (Å²) < 4.78 is 91.5. The molecule has 0 unspecified atom stereocenters. The molecule has 1 saturated heterocycles. The van der Waals surface area contributed by atoms with Crippen LogP contribution in [0.25, 0.3) is 10.9 Å². The molecule has 0 saturated carbocycles. The number of aromatic nitrogens is 4. The first-order chi connectivity index (χ1) is 16.5. The number of H-pyrrole nitrogens is 1. The number of nitrogens with one attached hydrogen (secondary N) is 1. The molecule has 4 heterocycles. The van der Waals surface area contributed by atoms with E-state index in [1.165, 1.54) is 4.90 Å². The molecular formula is C21H18ClF6N5O2. The smallest absolute Gasteiger partial charge is 0.376 e. The predicted octanol–water partition coefficient (Wildman–Crippen LogP) is 4.95. The van der Waals surface area contributed by atoms with Gasteiger partial charge in [-0.3, -0.25) is 0 Å². The van der Waals surface area contributed by atoms with Crippen molar-refractivity contribution in [1.82, 2.24) is 19.9 Å². The van der Waals surface area contributed by atoms with Crippen LogP contribution in [0.3, 0.4) is 0 Å². The number of aromatic amines is 1. The van der Waals surface area contributed by atoms with Crippen molar-refractivity contribution in [2.45, 2.75) is 37.3 Å². The van der Waals surface area contributed by atoms with Crippen molar-refractivity contribution in [3.8, 4) is 0 Å². The SMILES string of the molecule is FC(F)(F)c1nc(N2CCc3c([nH]c4ccc(Cl)cc34)[C@@H]2C[C@H]2COCCO2)nc(C(F)(F)F)n1. The first-order valence-corrected chi connectivity index (χ1v) is 11.0. The third kappa shape index (κ3) is 4.76. The fraction of sp³-hybridized carbons (Fsp3) is 0.476. The maximum absolute atomic E-state index is 13.4. The third-order valence-electron chi connectivity index (χ3n) is 5.97. The van der Waals surface area contributed by atoms with Crippen LogP contribution in [0.1, 0.15) is 35.4 Å². The van der Waals surface area contributed by atoms with E-state index in [0.29, 0.717) is 30.4 Å².